The molecule has 0 amide bonds. The molecule has 0 unspecified atom stereocenters. The average Bonchev–Trinajstić information content (AvgIpc) is 2.69. The van der Waals surface area contributed by atoms with E-state index in [1.807, 2.05) is 24.3 Å². The molecule has 0 fully saturated rings. The van der Waals surface area contributed by atoms with Crippen LogP contribution in [0, 0.1) is 0 Å². The number of halogens is 1. The van der Waals surface area contributed by atoms with Crippen LogP contribution in [0.3, 0.4) is 0 Å². The van der Waals surface area contributed by atoms with Gasteiger partial charge in [0.15, 0.2) is 12.1 Å². The number of carbonyl (C=O) groups is 1. The first-order chi connectivity index (χ1) is 7.29. The van der Waals surface area contributed by atoms with E-state index in [1.165, 1.54) is 6.33 Å². The second kappa shape index (κ2) is 4.23. The molecule has 0 N–H and O–H groups in total. The van der Waals surface area contributed by atoms with E-state index >= 15 is 0 Å². The van der Waals surface area contributed by atoms with Gasteiger partial charge < -0.3 is 4.57 Å². The predicted octanol–water partition coefficient (Wildman–Crippen LogP) is 1.79. The van der Waals surface area contributed by atoms with Crippen LogP contribution >= 0.6 is 11.6 Å². The lowest BCUT2D eigenvalue weighted by atomic mass is 10.2. The zero-order chi connectivity index (χ0) is 10.7. The van der Waals surface area contributed by atoms with Crippen molar-refractivity contribution >= 4 is 17.9 Å². The van der Waals surface area contributed by atoms with Crippen LogP contribution in [0.2, 0.25) is 5.02 Å². The van der Waals surface area contributed by atoms with Crippen LogP contribution in [-0.2, 0) is 6.54 Å². The van der Waals surface area contributed by atoms with E-state index in [4.69, 9.17) is 11.6 Å². The van der Waals surface area contributed by atoms with E-state index < -0.39 is 0 Å². The minimum absolute atomic E-state index is 0.324. The zero-order valence-electron chi connectivity index (χ0n) is 7.80. The van der Waals surface area contributed by atoms with Crippen LogP contribution in [0.5, 0.6) is 0 Å². The average molecular weight is 222 g/mol. The summed E-state index contributed by atoms with van der Waals surface area (Å²) in [5.74, 6) is 0.324. The van der Waals surface area contributed by atoms with Gasteiger partial charge in [0.25, 0.3) is 0 Å². The first-order valence-corrected chi connectivity index (χ1v) is 4.75. The molecule has 0 aliphatic carbocycles. The molecule has 0 radical (unpaired) electrons. The fourth-order valence-corrected chi connectivity index (χ4v) is 1.39. The van der Waals surface area contributed by atoms with Gasteiger partial charge in [0.1, 0.15) is 6.33 Å². The summed E-state index contributed by atoms with van der Waals surface area (Å²) < 4.78 is 1.68. The maximum atomic E-state index is 10.6. The lowest BCUT2D eigenvalue weighted by Gasteiger charge is -2.02. The largest absolute Gasteiger partial charge is 0.307 e. The van der Waals surface area contributed by atoms with Gasteiger partial charge in [0.2, 0.25) is 0 Å². The van der Waals surface area contributed by atoms with Crippen molar-refractivity contribution in [3.05, 3.63) is 47.0 Å². The van der Waals surface area contributed by atoms with Gasteiger partial charge in [0.05, 0.1) is 6.54 Å². The van der Waals surface area contributed by atoms with Gasteiger partial charge in [-0.05, 0) is 17.7 Å². The number of aldehydes is 1. The fourth-order valence-electron chi connectivity index (χ4n) is 1.26. The maximum absolute atomic E-state index is 10.6. The Kier molecular flexibility index (Phi) is 2.78. The Morgan fingerprint density at radius 2 is 2.07 bits per heavy atom. The van der Waals surface area contributed by atoms with E-state index in [0.717, 1.165) is 5.56 Å². The molecule has 1 aromatic carbocycles. The lowest BCUT2D eigenvalue weighted by Crippen LogP contribution is -2.02. The van der Waals surface area contributed by atoms with E-state index in [9.17, 15) is 4.79 Å². The highest BCUT2D eigenvalue weighted by molar-refractivity contribution is 6.30. The van der Waals surface area contributed by atoms with Crippen molar-refractivity contribution in [3.63, 3.8) is 0 Å². The molecule has 0 aliphatic heterocycles. The van der Waals surface area contributed by atoms with Gasteiger partial charge in [0, 0.05) is 5.02 Å². The van der Waals surface area contributed by atoms with Crippen LogP contribution in [0.1, 0.15) is 16.2 Å². The summed E-state index contributed by atoms with van der Waals surface area (Å²) in [5.41, 5.74) is 1.04. The SMILES string of the molecule is O=Cc1nncn1Cc1ccc(Cl)cc1. The molecule has 4 nitrogen and oxygen atoms in total. The Hall–Kier alpha value is -1.68. The maximum Gasteiger partial charge on any atom is 0.196 e. The Morgan fingerprint density at radius 1 is 1.33 bits per heavy atom. The summed E-state index contributed by atoms with van der Waals surface area (Å²) in [5, 5.41) is 8.02. The highest BCUT2D eigenvalue weighted by atomic mass is 35.5. The summed E-state index contributed by atoms with van der Waals surface area (Å²) in [6.07, 6.45) is 2.21. The molecule has 1 aromatic heterocycles. The monoisotopic (exact) mass is 221 g/mol. The van der Waals surface area contributed by atoms with Crippen molar-refractivity contribution in [2.45, 2.75) is 6.54 Å². The fraction of sp³-hybridized carbons (Fsp3) is 0.100. The number of hydrogen-bond acceptors (Lipinski definition) is 3. The first kappa shape index (κ1) is 9.86. The van der Waals surface area contributed by atoms with Crippen LogP contribution in [-0.4, -0.2) is 21.1 Å². The van der Waals surface area contributed by atoms with Crippen molar-refractivity contribution in [1.29, 1.82) is 0 Å². The highest BCUT2D eigenvalue weighted by Gasteiger charge is 2.02. The molecule has 0 saturated heterocycles. The van der Waals surface area contributed by atoms with Crippen molar-refractivity contribution in [2.24, 2.45) is 0 Å². The summed E-state index contributed by atoms with van der Waals surface area (Å²) in [4.78, 5) is 10.6. The number of hydrogen-bond donors (Lipinski definition) is 0. The molecule has 0 aliphatic rings. The van der Waals surface area contributed by atoms with Gasteiger partial charge in [-0.25, -0.2) is 0 Å². The number of rotatable bonds is 3. The summed E-state index contributed by atoms with van der Waals surface area (Å²) in [7, 11) is 0. The molecule has 0 bridgehead atoms. The number of benzene rings is 1. The number of aromatic nitrogens is 3. The molecular formula is C10H8ClN3O. The van der Waals surface area contributed by atoms with Gasteiger partial charge in [-0.15, -0.1) is 10.2 Å². The zero-order valence-corrected chi connectivity index (χ0v) is 8.55. The van der Waals surface area contributed by atoms with Gasteiger partial charge in [-0.1, -0.05) is 23.7 Å². The van der Waals surface area contributed by atoms with Crippen LogP contribution in [0.15, 0.2) is 30.6 Å². The Labute approximate surface area is 91.5 Å². The molecule has 1 heterocycles. The minimum atomic E-state index is 0.324. The first-order valence-electron chi connectivity index (χ1n) is 4.37. The topological polar surface area (TPSA) is 47.8 Å². The van der Waals surface area contributed by atoms with Crippen LogP contribution in [0.25, 0.3) is 0 Å². The molecule has 0 saturated carbocycles. The third-order valence-electron chi connectivity index (χ3n) is 2.02. The summed E-state index contributed by atoms with van der Waals surface area (Å²) in [6.45, 7) is 0.568. The summed E-state index contributed by atoms with van der Waals surface area (Å²) in [6, 6.07) is 7.41. The second-order valence-electron chi connectivity index (χ2n) is 3.06. The minimum Gasteiger partial charge on any atom is -0.307 e. The predicted molar refractivity (Wildman–Crippen MR) is 56.0 cm³/mol. The van der Waals surface area contributed by atoms with E-state index in [-0.39, 0.29) is 0 Å². The van der Waals surface area contributed by atoms with Crippen LogP contribution in [0.4, 0.5) is 0 Å². The second-order valence-corrected chi connectivity index (χ2v) is 3.50. The molecule has 0 spiro atoms. The molecule has 76 valence electrons. The molecule has 5 heteroatoms. The van der Waals surface area contributed by atoms with Gasteiger partial charge in [-0.3, -0.25) is 4.79 Å². The van der Waals surface area contributed by atoms with Gasteiger partial charge in [-0.2, -0.15) is 0 Å². The van der Waals surface area contributed by atoms with E-state index in [2.05, 4.69) is 10.2 Å². The lowest BCUT2D eigenvalue weighted by molar-refractivity contribution is 0.111. The third-order valence-corrected chi connectivity index (χ3v) is 2.27. The third kappa shape index (κ3) is 2.22. The number of carbonyl (C=O) groups excluding carboxylic acids is 1. The molecule has 2 aromatic rings. The summed E-state index contributed by atoms with van der Waals surface area (Å²) >= 11 is 5.76. The smallest absolute Gasteiger partial charge is 0.196 e. The Morgan fingerprint density at radius 3 is 2.73 bits per heavy atom. The van der Waals surface area contributed by atoms with Crippen molar-refractivity contribution in [1.82, 2.24) is 14.8 Å². The Bertz CT molecular complexity index is 464. The van der Waals surface area contributed by atoms with E-state index in [1.54, 1.807) is 4.57 Å². The number of nitrogens with zero attached hydrogens (tertiary/aromatic N) is 3. The molecule has 2 rings (SSSR count). The molecule has 0 atom stereocenters. The molecular weight excluding hydrogens is 214 g/mol. The van der Waals surface area contributed by atoms with Crippen LogP contribution < -0.4 is 0 Å². The quantitative estimate of drug-likeness (QED) is 0.743. The van der Waals surface area contributed by atoms with E-state index in [0.29, 0.717) is 23.7 Å². The molecule has 15 heavy (non-hydrogen) atoms. The standard InChI is InChI=1S/C10H8ClN3O/c11-9-3-1-8(2-4-9)5-14-7-12-13-10(14)6-15/h1-4,6-7H,5H2. The normalized spacial score (nSPS) is 10.2. The van der Waals surface area contributed by atoms with Crippen molar-refractivity contribution in [2.75, 3.05) is 0 Å². The van der Waals surface area contributed by atoms with Crippen molar-refractivity contribution in [3.8, 4) is 0 Å². The highest BCUT2D eigenvalue weighted by Crippen LogP contribution is 2.10. The van der Waals surface area contributed by atoms with Gasteiger partial charge >= 0.3 is 0 Å². The van der Waals surface area contributed by atoms with Crippen molar-refractivity contribution < 1.29 is 4.79 Å². The Balaban J connectivity index is 2.21.